The Kier molecular flexibility index (Phi) is 5.94. The first-order valence-corrected chi connectivity index (χ1v) is 10.5. The fourth-order valence-corrected chi connectivity index (χ4v) is 3.74. The minimum Gasteiger partial charge on any atom is -0.497 e. The van der Waals surface area contributed by atoms with Crippen LogP contribution in [-0.4, -0.2) is 40.3 Å². The number of fused-ring (bicyclic) bond motifs is 1. The van der Waals surface area contributed by atoms with E-state index in [-0.39, 0.29) is 0 Å². The second kappa shape index (κ2) is 8.82. The van der Waals surface area contributed by atoms with Gasteiger partial charge in [0.25, 0.3) is 11.7 Å². The van der Waals surface area contributed by atoms with Crippen LogP contribution < -0.4 is 14.4 Å². The third-order valence-electron chi connectivity index (χ3n) is 5.48. The monoisotopic (exact) mass is 434 g/mol. The summed E-state index contributed by atoms with van der Waals surface area (Å²) < 4.78 is 12.8. The lowest BCUT2D eigenvalue weighted by molar-refractivity contribution is -0.114. The van der Waals surface area contributed by atoms with Gasteiger partial charge in [0.2, 0.25) is 0 Å². The van der Waals surface area contributed by atoms with Crippen LogP contribution in [0.5, 0.6) is 11.5 Å². The molecule has 0 saturated carbocycles. The van der Waals surface area contributed by atoms with E-state index >= 15 is 0 Å². The lowest BCUT2D eigenvalue weighted by atomic mass is 10.0. The number of anilines is 1. The summed E-state index contributed by atoms with van der Waals surface area (Å²) in [5.41, 5.74) is 3.92. The third-order valence-corrected chi connectivity index (χ3v) is 5.48. The lowest BCUT2D eigenvalue weighted by Crippen LogP contribution is -2.32. The highest BCUT2D eigenvalue weighted by atomic mass is 16.5. The minimum atomic E-state index is -0.544. The Bertz CT molecular complexity index is 1170. The van der Waals surface area contributed by atoms with Crippen LogP contribution >= 0.6 is 0 Å². The zero-order chi connectivity index (χ0) is 22.8. The molecule has 1 amide bonds. The number of benzene rings is 2. The number of carbonyl (C=O) groups is 2. The Hall–Kier alpha value is -3.68. The Labute approximate surface area is 186 Å². The second-order valence-electron chi connectivity index (χ2n) is 8.13. The smallest absolute Gasteiger partial charge is 0.299 e. The zero-order valence-electron chi connectivity index (χ0n) is 18.7. The number of Topliss-reactive ketones (excluding diaryl/α,β-unsaturated/α-hetero) is 1. The first-order chi connectivity index (χ1) is 15.4. The van der Waals surface area contributed by atoms with Gasteiger partial charge in [-0.3, -0.25) is 14.3 Å². The first-order valence-electron chi connectivity index (χ1n) is 10.5. The van der Waals surface area contributed by atoms with Gasteiger partial charge in [0.15, 0.2) is 0 Å². The summed E-state index contributed by atoms with van der Waals surface area (Å²) in [7, 11) is 1.52. The van der Waals surface area contributed by atoms with E-state index in [0.29, 0.717) is 48.3 Å². The summed E-state index contributed by atoms with van der Waals surface area (Å²) in [4.78, 5) is 26.2. The highest BCUT2D eigenvalue weighted by molar-refractivity contribution is 6.52. The Morgan fingerprint density at radius 2 is 1.88 bits per heavy atom. The highest BCUT2D eigenvalue weighted by Crippen LogP contribution is 2.32. The molecule has 2 heterocycles. The number of ether oxygens (including phenoxy) is 2. The van der Waals surface area contributed by atoms with Crippen LogP contribution in [0.2, 0.25) is 0 Å². The van der Waals surface area contributed by atoms with E-state index in [4.69, 9.17) is 9.47 Å². The van der Waals surface area contributed by atoms with Crippen molar-refractivity contribution in [1.29, 1.82) is 0 Å². The molecule has 2 aromatic carbocycles. The Morgan fingerprint density at radius 3 is 2.62 bits per heavy atom. The van der Waals surface area contributed by atoms with Crippen molar-refractivity contribution in [2.24, 2.45) is 0 Å². The molecule has 0 atom stereocenters. The summed E-state index contributed by atoms with van der Waals surface area (Å²) in [6, 6.07) is 11.3. The number of amides is 1. The van der Waals surface area contributed by atoms with Crippen molar-refractivity contribution in [2.45, 2.75) is 39.8 Å². The fourth-order valence-electron chi connectivity index (χ4n) is 3.74. The molecular formula is C24H26N4O4. The maximum atomic E-state index is 12.4. The standard InChI is InChI=1S/C24H26N4O4/c1-15(2)19-7-5-16(3)11-22(19)32-14-17-13-27(26-25-17)9-10-28-21-8-6-18(31-4)12-20(21)23(29)24(28)30/h5-8,11-13,15H,9-10,14H2,1-4H3. The normalized spacial score (nSPS) is 13.1. The molecule has 8 nitrogen and oxygen atoms in total. The highest BCUT2D eigenvalue weighted by Gasteiger charge is 2.35. The summed E-state index contributed by atoms with van der Waals surface area (Å²) in [6.45, 7) is 7.31. The Balaban J connectivity index is 1.40. The maximum Gasteiger partial charge on any atom is 0.299 e. The number of carbonyl (C=O) groups excluding carboxylic acids is 2. The van der Waals surface area contributed by atoms with Crippen LogP contribution in [0.3, 0.4) is 0 Å². The number of aromatic nitrogens is 3. The van der Waals surface area contributed by atoms with Gasteiger partial charge < -0.3 is 14.4 Å². The number of nitrogens with zero attached hydrogens (tertiary/aromatic N) is 4. The van der Waals surface area contributed by atoms with Gasteiger partial charge in [0.1, 0.15) is 23.8 Å². The van der Waals surface area contributed by atoms with Gasteiger partial charge in [-0.1, -0.05) is 31.2 Å². The van der Waals surface area contributed by atoms with Gasteiger partial charge in [-0.2, -0.15) is 0 Å². The van der Waals surface area contributed by atoms with Crippen molar-refractivity contribution < 1.29 is 19.1 Å². The van der Waals surface area contributed by atoms with Crippen molar-refractivity contribution >= 4 is 17.4 Å². The molecule has 166 valence electrons. The van der Waals surface area contributed by atoms with Crippen LogP contribution in [-0.2, 0) is 17.9 Å². The van der Waals surface area contributed by atoms with Crippen molar-refractivity contribution in [3.8, 4) is 11.5 Å². The van der Waals surface area contributed by atoms with Crippen molar-refractivity contribution in [2.75, 3.05) is 18.6 Å². The summed E-state index contributed by atoms with van der Waals surface area (Å²) >= 11 is 0. The number of hydrogen-bond donors (Lipinski definition) is 0. The topological polar surface area (TPSA) is 86.6 Å². The molecule has 0 bridgehead atoms. The minimum absolute atomic E-state index is 0.299. The molecule has 0 unspecified atom stereocenters. The summed E-state index contributed by atoms with van der Waals surface area (Å²) in [5, 5.41) is 8.31. The molecule has 4 rings (SSSR count). The zero-order valence-corrected chi connectivity index (χ0v) is 18.7. The van der Waals surface area contributed by atoms with Crippen molar-refractivity contribution in [1.82, 2.24) is 15.0 Å². The van der Waals surface area contributed by atoms with E-state index in [9.17, 15) is 9.59 Å². The van der Waals surface area contributed by atoms with Gasteiger partial charge in [0, 0.05) is 6.54 Å². The Morgan fingerprint density at radius 1 is 1.06 bits per heavy atom. The van der Waals surface area contributed by atoms with E-state index < -0.39 is 11.7 Å². The van der Waals surface area contributed by atoms with E-state index in [0.717, 1.165) is 16.9 Å². The lowest BCUT2D eigenvalue weighted by Gasteiger charge is -2.16. The first kappa shape index (κ1) is 21.5. The molecule has 0 fully saturated rings. The van der Waals surface area contributed by atoms with E-state index in [1.165, 1.54) is 12.0 Å². The summed E-state index contributed by atoms with van der Waals surface area (Å²) in [6.07, 6.45) is 1.79. The number of methoxy groups -OCH3 is 1. The molecule has 1 aromatic heterocycles. The van der Waals surface area contributed by atoms with Crippen molar-refractivity contribution in [3.05, 3.63) is 65.0 Å². The van der Waals surface area contributed by atoms with Gasteiger partial charge >= 0.3 is 0 Å². The fraction of sp³-hybridized carbons (Fsp3) is 0.333. The van der Waals surface area contributed by atoms with E-state index in [1.54, 1.807) is 29.1 Å². The third kappa shape index (κ3) is 4.21. The van der Waals surface area contributed by atoms with Gasteiger partial charge in [-0.05, 0) is 48.2 Å². The molecule has 0 aliphatic carbocycles. The molecule has 8 heteroatoms. The van der Waals surface area contributed by atoms with E-state index in [2.05, 4.69) is 36.3 Å². The van der Waals surface area contributed by atoms with E-state index in [1.807, 2.05) is 13.0 Å². The maximum absolute atomic E-state index is 12.4. The summed E-state index contributed by atoms with van der Waals surface area (Å²) in [5.74, 6) is 0.678. The predicted octanol–water partition coefficient (Wildman–Crippen LogP) is 3.53. The molecule has 32 heavy (non-hydrogen) atoms. The molecule has 0 saturated heterocycles. The van der Waals surface area contributed by atoms with Gasteiger partial charge in [-0.25, -0.2) is 0 Å². The van der Waals surface area contributed by atoms with Crippen molar-refractivity contribution in [3.63, 3.8) is 0 Å². The molecule has 1 aliphatic heterocycles. The quantitative estimate of drug-likeness (QED) is 0.504. The molecule has 3 aromatic rings. The molecular weight excluding hydrogens is 408 g/mol. The SMILES string of the molecule is COc1ccc2c(c1)C(=O)C(=O)N2CCn1cc(COc2cc(C)ccc2C(C)C)nn1. The van der Waals surface area contributed by atoms with Gasteiger partial charge in [0.05, 0.1) is 31.1 Å². The largest absolute Gasteiger partial charge is 0.497 e. The van der Waals surface area contributed by atoms with Crippen LogP contribution in [0.25, 0.3) is 0 Å². The molecule has 1 aliphatic rings. The number of hydrogen-bond acceptors (Lipinski definition) is 6. The molecule has 0 spiro atoms. The average Bonchev–Trinajstić information content (AvgIpc) is 3.33. The number of rotatable bonds is 8. The van der Waals surface area contributed by atoms with Crippen LogP contribution in [0.4, 0.5) is 5.69 Å². The predicted molar refractivity (Wildman–Crippen MR) is 119 cm³/mol. The number of ketones is 1. The van der Waals surface area contributed by atoms with Gasteiger partial charge in [-0.15, -0.1) is 5.10 Å². The molecule has 0 radical (unpaired) electrons. The second-order valence-corrected chi connectivity index (χ2v) is 8.13. The average molecular weight is 434 g/mol. The van der Waals surface area contributed by atoms with Crippen LogP contribution in [0, 0.1) is 6.92 Å². The number of aryl methyl sites for hydroxylation is 1. The van der Waals surface area contributed by atoms with Crippen LogP contribution in [0.15, 0.2) is 42.6 Å². The van der Waals surface area contributed by atoms with Crippen LogP contribution in [0.1, 0.15) is 46.9 Å². The molecule has 0 N–H and O–H groups in total.